The Morgan fingerprint density at radius 1 is 1.58 bits per heavy atom. The first kappa shape index (κ1) is 13.7. The number of rotatable bonds is 4. The Morgan fingerprint density at radius 2 is 2.26 bits per heavy atom. The molecule has 0 aliphatic heterocycles. The number of aromatic nitrogens is 1. The lowest BCUT2D eigenvalue weighted by atomic mass is 10.2. The van der Waals surface area contributed by atoms with Gasteiger partial charge in [0, 0.05) is 13.1 Å². The summed E-state index contributed by atoms with van der Waals surface area (Å²) in [5.41, 5.74) is -0.0524. The van der Waals surface area contributed by atoms with Crippen LogP contribution in [0, 0.1) is 5.82 Å². The fourth-order valence-corrected chi connectivity index (χ4v) is 1.75. The van der Waals surface area contributed by atoms with Gasteiger partial charge in [0.1, 0.15) is 11.0 Å². The maximum absolute atomic E-state index is 13.0. The number of carbonyl (C=O) groups is 2. The zero-order valence-electron chi connectivity index (χ0n) is 10.3. The third-order valence-electron chi connectivity index (χ3n) is 2.71. The highest BCUT2D eigenvalue weighted by Gasteiger charge is 2.25. The van der Waals surface area contributed by atoms with E-state index in [1.165, 1.54) is 11.9 Å². The van der Waals surface area contributed by atoms with Crippen molar-refractivity contribution in [3.8, 4) is 0 Å². The maximum Gasteiger partial charge on any atom is 0.257 e. The molecule has 0 atom stereocenters. The fourth-order valence-electron chi connectivity index (χ4n) is 1.57. The Labute approximate surface area is 114 Å². The minimum absolute atomic E-state index is 0.0524. The van der Waals surface area contributed by atoms with Crippen LogP contribution in [0.1, 0.15) is 23.2 Å². The number of nitrogens with one attached hydrogen (secondary N) is 1. The molecule has 1 aromatic rings. The van der Waals surface area contributed by atoms with Gasteiger partial charge in [0.25, 0.3) is 5.91 Å². The molecule has 0 bridgehead atoms. The second-order valence-electron chi connectivity index (χ2n) is 4.49. The molecule has 1 saturated carbocycles. The number of hydrogen-bond acceptors (Lipinski definition) is 3. The van der Waals surface area contributed by atoms with Crippen LogP contribution in [0.5, 0.6) is 0 Å². The van der Waals surface area contributed by atoms with E-state index in [4.69, 9.17) is 11.6 Å². The van der Waals surface area contributed by atoms with Gasteiger partial charge in [0.15, 0.2) is 0 Å². The maximum atomic E-state index is 13.0. The van der Waals surface area contributed by atoms with Crippen molar-refractivity contribution < 1.29 is 14.0 Å². The van der Waals surface area contributed by atoms with E-state index in [1.807, 2.05) is 0 Å². The summed E-state index contributed by atoms with van der Waals surface area (Å²) in [5.74, 6) is -1.43. The van der Waals surface area contributed by atoms with Crippen molar-refractivity contribution in [3.63, 3.8) is 0 Å². The van der Waals surface area contributed by atoms with Crippen LogP contribution >= 0.6 is 11.6 Å². The van der Waals surface area contributed by atoms with E-state index in [-0.39, 0.29) is 29.2 Å². The van der Waals surface area contributed by atoms with Crippen LogP contribution in [0.25, 0.3) is 0 Å². The molecule has 0 aromatic carbocycles. The lowest BCUT2D eigenvalue weighted by Crippen LogP contribution is -2.39. The molecule has 2 amide bonds. The SMILES string of the molecule is CN(CC(=O)NC1CC1)C(=O)c1cc(F)cnc1Cl. The van der Waals surface area contributed by atoms with Crippen molar-refractivity contribution in [2.75, 3.05) is 13.6 Å². The highest BCUT2D eigenvalue weighted by molar-refractivity contribution is 6.32. The standard InChI is InChI=1S/C12H13ClFN3O2/c1-17(6-10(18)16-8-2-3-8)12(19)9-4-7(14)5-15-11(9)13/h4-5,8H,2-3,6H2,1H3,(H,16,18). The van der Waals surface area contributed by atoms with E-state index < -0.39 is 11.7 Å². The summed E-state index contributed by atoms with van der Waals surface area (Å²) in [5, 5.41) is 2.68. The lowest BCUT2D eigenvalue weighted by molar-refractivity contribution is -0.121. The molecule has 1 heterocycles. The third-order valence-corrected chi connectivity index (χ3v) is 3.01. The van der Waals surface area contributed by atoms with Gasteiger partial charge >= 0.3 is 0 Å². The molecule has 0 spiro atoms. The molecular formula is C12H13ClFN3O2. The van der Waals surface area contributed by atoms with Crippen molar-refractivity contribution in [1.29, 1.82) is 0 Å². The van der Waals surface area contributed by atoms with E-state index in [9.17, 15) is 14.0 Å². The normalized spacial score (nSPS) is 14.1. The van der Waals surface area contributed by atoms with Crippen molar-refractivity contribution in [1.82, 2.24) is 15.2 Å². The Balaban J connectivity index is 2.01. The summed E-state index contributed by atoms with van der Waals surface area (Å²) in [6.45, 7) is -0.0951. The predicted molar refractivity (Wildman–Crippen MR) is 67.3 cm³/mol. The molecule has 0 unspecified atom stereocenters. The molecule has 5 nitrogen and oxygen atoms in total. The molecule has 1 aliphatic carbocycles. The minimum atomic E-state index is -0.649. The Kier molecular flexibility index (Phi) is 3.99. The molecule has 1 fully saturated rings. The van der Waals surface area contributed by atoms with Crippen LogP contribution in [0.2, 0.25) is 5.15 Å². The highest BCUT2D eigenvalue weighted by Crippen LogP contribution is 2.19. The van der Waals surface area contributed by atoms with Crippen LogP contribution < -0.4 is 5.32 Å². The predicted octanol–water partition coefficient (Wildman–Crippen LogP) is 1.22. The summed E-state index contributed by atoms with van der Waals surface area (Å²) in [7, 11) is 1.45. The third kappa shape index (κ3) is 3.64. The number of likely N-dealkylation sites (N-methyl/N-ethyl adjacent to an activating group) is 1. The number of pyridine rings is 1. The van der Waals surface area contributed by atoms with Gasteiger partial charge in [-0.3, -0.25) is 9.59 Å². The number of amides is 2. The van der Waals surface area contributed by atoms with E-state index in [0.29, 0.717) is 0 Å². The molecular weight excluding hydrogens is 273 g/mol. The molecule has 102 valence electrons. The van der Waals surface area contributed by atoms with Crippen LogP contribution in [0.15, 0.2) is 12.3 Å². The monoisotopic (exact) mass is 285 g/mol. The van der Waals surface area contributed by atoms with Gasteiger partial charge in [-0.25, -0.2) is 9.37 Å². The Hall–Kier alpha value is -1.69. The van der Waals surface area contributed by atoms with Gasteiger partial charge in [-0.15, -0.1) is 0 Å². The first-order valence-corrected chi connectivity index (χ1v) is 6.21. The quantitative estimate of drug-likeness (QED) is 0.846. The van der Waals surface area contributed by atoms with Crippen molar-refractivity contribution >= 4 is 23.4 Å². The summed E-state index contributed by atoms with van der Waals surface area (Å²) in [6, 6.07) is 1.24. The van der Waals surface area contributed by atoms with Gasteiger partial charge < -0.3 is 10.2 Å². The van der Waals surface area contributed by atoms with E-state index in [2.05, 4.69) is 10.3 Å². The van der Waals surface area contributed by atoms with Gasteiger partial charge in [-0.05, 0) is 18.9 Å². The zero-order chi connectivity index (χ0) is 14.0. The van der Waals surface area contributed by atoms with Crippen LogP contribution in [0.3, 0.4) is 0 Å². The number of carbonyl (C=O) groups excluding carboxylic acids is 2. The average Bonchev–Trinajstić information content (AvgIpc) is 3.15. The van der Waals surface area contributed by atoms with Crippen LogP contribution in [-0.2, 0) is 4.79 Å². The highest BCUT2D eigenvalue weighted by atomic mass is 35.5. The summed E-state index contributed by atoms with van der Waals surface area (Å²) in [4.78, 5) is 28.3. The first-order chi connectivity index (χ1) is 8.97. The van der Waals surface area contributed by atoms with Gasteiger partial charge in [0.2, 0.25) is 5.91 Å². The molecule has 1 aliphatic rings. The fraction of sp³-hybridized carbons (Fsp3) is 0.417. The topological polar surface area (TPSA) is 62.3 Å². The molecule has 1 aromatic heterocycles. The largest absolute Gasteiger partial charge is 0.352 e. The van der Waals surface area contributed by atoms with Crippen molar-refractivity contribution in [2.24, 2.45) is 0 Å². The van der Waals surface area contributed by atoms with E-state index in [0.717, 1.165) is 25.1 Å². The van der Waals surface area contributed by atoms with Crippen molar-refractivity contribution in [2.45, 2.75) is 18.9 Å². The molecule has 19 heavy (non-hydrogen) atoms. The van der Waals surface area contributed by atoms with Crippen LogP contribution in [-0.4, -0.2) is 41.3 Å². The Bertz CT molecular complexity index is 520. The van der Waals surface area contributed by atoms with E-state index in [1.54, 1.807) is 0 Å². The van der Waals surface area contributed by atoms with E-state index >= 15 is 0 Å². The summed E-state index contributed by atoms with van der Waals surface area (Å²) < 4.78 is 13.0. The van der Waals surface area contributed by atoms with Crippen LogP contribution in [0.4, 0.5) is 4.39 Å². The Morgan fingerprint density at radius 3 is 2.89 bits per heavy atom. The van der Waals surface area contributed by atoms with Gasteiger partial charge in [-0.1, -0.05) is 11.6 Å². The minimum Gasteiger partial charge on any atom is -0.352 e. The molecule has 2 rings (SSSR count). The molecule has 1 N–H and O–H groups in total. The molecule has 0 radical (unpaired) electrons. The average molecular weight is 286 g/mol. The van der Waals surface area contributed by atoms with Gasteiger partial charge in [-0.2, -0.15) is 0 Å². The molecule has 0 saturated heterocycles. The van der Waals surface area contributed by atoms with Gasteiger partial charge in [0.05, 0.1) is 18.3 Å². The lowest BCUT2D eigenvalue weighted by Gasteiger charge is -2.17. The summed E-state index contributed by atoms with van der Waals surface area (Å²) in [6.07, 6.45) is 2.88. The zero-order valence-corrected chi connectivity index (χ0v) is 11.1. The second kappa shape index (κ2) is 5.52. The number of halogens is 2. The molecule has 7 heteroatoms. The van der Waals surface area contributed by atoms with Crippen molar-refractivity contribution in [3.05, 3.63) is 28.8 Å². The number of nitrogens with zero attached hydrogens (tertiary/aromatic N) is 2. The first-order valence-electron chi connectivity index (χ1n) is 5.83. The number of hydrogen-bond donors (Lipinski definition) is 1. The smallest absolute Gasteiger partial charge is 0.257 e. The summed E-state index contributed by atoms with van der Waals surface area (Å²) >= 11 is 5.74. The second-order valence-corrected chi connectivity index (χ2v) is 4.85.